The van der Waals surface area contributed by atoms with Crippen LogP contribution in [0.2, 0.25) is 0 Å². The summed E-state index contributed by atoms with van der Waals surface area (Å²) in [5.41, 5.74) is 5.17. The van der Waals surface area contributed by atoms with Crippen molar-refractivity contribution in [2.45, 2.75) is 24.9 Å². The molecule has 2 aliphatic heterocycles. The molecule has 2 fully saturated rings. The molecule has 2 bridgehead atoms. The minimum Gasteiger partial charge on any atom is -0.369 e. The van der Waals surface area contributed by atoms with Gasteiger partial charge < -0.3 is 11.1 Å². The monoisotopic (exact) mass is 205 g/mol. The molecule has 76 valence electrons. The number of nitrogens with one attached hydrogen (secondary N) is 1. The van der Waals surface area contributed by atoms with E-state index >= 15 is 0 Å². The molecule has 2 heterocycles. The minimum absolute atomic E-state index is 0. The molecule has 0 aromatic heterocycles. The Kier molecular flexibility index (Phi) is 3.53. The number of carbonyl (C=O) groups excluding carboxylic acids is 1. The SMILES string of the molecule is Cl.NC(=O)CN1C2CCC1CNC2. The lowest BCUT2D eigenvalue weighted by atomic mass is 10.2. The van der Waals surface area contributed by atoms with Crippen molar-refractivity contribution in [3.8, 4) is 0 Å². The number of nitrogens with zero attached hydrogens (tertiary/aromatic N) is 1. The normalized spacial score (nSPS) is 32.6. The van der Waals surface area contributed by atoms with Crippen molar-refractivity contribution in [2.75, 3.05) is 19.6 Å². The van der Waals surface area contributed by atoms with Crippen LogP contribution in [0, 0.1) is 0 Å². The van der Waals surface area contributed by atoms with Crippen molar-refractivity contribution < 1.29 is 4.79 Å². The first-order valence-corrected chi connectivity index (χ1v) is 4.52. The zero-order chi connectivity index (χ0) is 8.55. The van der Waals surface area contributed by atoms with Gasteiger partial charge in [-0.3, -0.25) is 9.69 Å². The van der Waals surface area contributed by atoms with Gasteiger partial charge >= 0.3 is 0 Å². The largest absolute Gasteiger partial charge is 0.369 e. The summed E-state index contributed by atoms with van der Waals surface area (Å²) in [5, 5.41) is 3.36. The van der Waals surface area contributed by atoms with Gasteiger partial charge in [-0.05, 0) is 12.8 Å². The van der Waals surface area contributed by atoms with Crippen LogP contribution in [0.1, 0.15) is 12.8 Å². The number of carbonyl (C=O) groups is 1. The summed E-state index contributed by atoms with van der Waals surface area (Å²) >= 11 is 0. The topological polar surface area (TPSA) is 58.4 Å². The molecule has 2 rings (SSSR count). The van der Waals surface area contributed by atoms with Gasteiger partial charge in [-0.2, -0.15) is 0 Å². The fraction of sp³-hybridized carbons (Fsp3) is 0.875. The van der Waals surface area contributed by atoms with Crippen molar-refractivity contribution in [3.05, 3.63) is 0 Å². The maximum absolute atomic E-state index is 10.7. The van der Waals surface area contributed by atoms with Crippen LogP contribution in [0.4, 0.5) is 0 Å². The second-order valence-corrected chi connectivity index (χ2v) is 3.68. The highest BCUT2D eigenvalue weighted by atomic mass is 35.5. The van der Waals surface area contributed by atoms with Gasteiger partial charge in [0.1, 0.15) is 0 Å². The number of nitrogens with two attached hydrogens (primary N) is 1. The molecule has 2 aliphatic rings. The number of fused-ring (bicyclic) bond motifs is 2. The van der Waals surface area contributed by atoms with Crippen LogP contribution in [0.15, 0.2) is 0 Å². The summed E-state index contributed by atoms with van der Waals surface area (Å²) in [6.45, 7) is 2.48. The summed E-state index contributed by atoms with van der Waals surface area (Å²) in [5.74, 6) is -0.200. The number of hydrogen-bond acceptors (Lipinski definition) is 3. The van der Waals surface area contributed by atoms with Crippen molar-refractivity contribution in [1.82, 2.24) is 10.2 Å². The van der Waals surface area contributed by atoms with Crippen LogP contribution >= 0.6 is 12.4 Å². The number of amides is 1. The van der Waals surface area contributed by atoms with Gasteiger partial charge in [0.05, 0.1) is 6.54 Å². The zero-order valence-electron chi connectivity index (χ0n) is 7.53. The Bertz CT molecular complexity index is 184. The number of primary amides is 1. The van der Waals surface area contributed by atoms with E-state index in [1.165, 1.54) is 12.8 Å². The predicted octanol–water partition coefficient (Wildman–Crippen LogP) is -0.670. The molecule has 5 heteroatoms. The van der Waals surface area contributed by atoms with Crippen LogP contribution in [0.5, 0.6) is 0 Å². The average Bonchev–Trinajstić information content (AvgIpc) is 2.30. The molecular formula is C8H16ClN3O. The molecule has 4 nitrogen and oxygen atoms in total. The van der Waals surface area contributed by atoms with Gasteiger partial charge in [0.25, 0.3) is 0 Å². The Hall–Kier alpha value is -0.320. The van der Waals surface area contributed by atoms with Crippen LogP contribution in [0.25, 0.3) is 0 Å². The third-order valence-electron chi connectivity index (χ3n) is 2.87. The highest BCUT2D eigenvalue weighted by Gasteiger charge is 2.36. The Morgan fingerprint density at radius 2 is 1.92 bits per heavy atom. The molecule has 2 saturated heterocycles. The molecular weight excluding hydrogens is 190 g/mol. The summed E-state index contributed by atoms with van der Waals surface area (Å²) in [6.07, 6.45) is 2.43. The van der Waals surface area contributed by atoms with Gasteiger partial charge in [-0.1, -0.05) is 0 Å². The number of rotatable bonds is 2. The lowest BCUT2D eigenvalue weighted by Crippen LogP contribution is -2.54. The van der Waals surface area contributed by atoms with E-state index in [1.54, 1.807) is 0 Å². The zero-order valence-corrected chi connectivity index (χ0v) is 8.35. The van der Waals surface area contributed by atoms with Crippen LogP contribution in [0.3, 0.4) is 0 Å². The molecule has 13 heavy (non-hydrogen) atoms. The highest BCUT2D eigenvalue weighted by Crippen LogP contribution is 2.25. The fourth-order valence-electron chi connectivity index (χ4n) is 2.31. The minimum atomic E-state index is -0.200. The molecule has 1 amide bonds. The molecule has 0 spiro atoms. The first kappa shape index (κ1) is 10.8. The third-order valence-corrected chi connectivity index (χ3v) is 2.87. The first-order chi connectivity index (χ1) is 5.77. The van der Waals surface area contributed by atoms with E-state index in [9.17, 15) is 4.79 Å². The first-order valence-electron chi connectivity index (χ1n) is 4.52. The van der Waals surface area contributed by atoms with Crippen LogP contribution < -0.4 is 11.1 Å². The van der Waals surface area contributed by atoms with Gasteiger partial charge in [0.15, 0.2) is 0 Å². The summed E-state index contributed by atoms with van der Waals surface area (Å²) in [6, 6.07) is 1.10. The molecule has 0 saturated carbocycles. The molecule has 0 aliphatic carbocycles. The molecule has 0 radical (unpaired) electrons. The van der Waals surface area contributed by atoms with E-state index < -0.39 is 0 Å². The maximum Gasteiger partial charge on any atom is 0.231 e. The maximum atomic E-state index is 10.7. The van der Waals surface area contributed by atoms with E-state index in [1.807, 2.05) is 0 Å². The standard InChI is InChI=1S/C8H15N3O.ClH/c9-8(12)5-11-6-1-2-7(11)4-10-3-6;/h6-7,10H,1-5H2,(H2,9,12);1H. The summed E-state index contributed by atoms with van der Waals surface area (Å²) < 4.78 is 0. The van der Waals surface area contributed by atoms with E-state index in [-0.39, 0.29) is 18.3 Å². The fourth-order valence-corrected chi connectivity index (χ4v) is 2.31. The predicted molar refractivity (Wildman–Crippen MR) is 52.8 cm³/mol. The average molecular weight is 206 g/mol. The summed E-state index contributed by atoms with van der Waals surface area (Å²) in [4.78, 5) is 13.0. The lowest BCUT2D eigenvalue weighted by molar-refractivity contribution is -0.120. The number of hydrogen-bond donors (Lipinski definition) is 2. The number of halogens is 1. The van der Waals surface area contributed by atoms with Gasteiger partial charge in [-0.25, -0.2) is 0 Å². The highest BCUT2D eigenvalue weighted by molar-refractivity contribution is 5.85. The molecule has 2 unspecified atom stereocenters. The van der Waals surface area contributed by atoms with Gasteiger partial charge in [0.2, 0.25) is 5.91 Å². The molecule has 3 N–H and O–H groups in total. The number of piperazine rings is 1. The third kappa shape index (κ3) is 2.13. The summed E-state index contributed by atoms with van der Waals surface area (Å²) in [7, 11) is 0. The van der Waals surface area contributed by atoms with Crippen molar-refractivity contribution in [1.29, 1.82) is 0 Å². The quantitative estimate of drug-likeness (QED) is 0.629. The lowest BCUT2D eigenvalue weighted by Gasteiger charge is -2.34. The van der Waals surface area contributed by atoms with Crippen LogP contribution in [-0.2, 0) is 4.79 Å². The van der Waals surface area contributed by atoms with Crippen molar-refractivity contribution in [2.24, 2.45) is 5.73 Å². The Balaban J connectivity index is 0.000000845. The second kappa shape index (κ2) is 4.26. The molecule has 0 aromatic carbocycles. The second-order valence-electron chi connectivity index (χ2n) is 3.68. The van der Waals surface area contributed by atoms with Gasteiger partial charge in [0, 0.05) is 25.2 Å². The van der Waals surface area contributed by atoms with E-state index in [4.69, 9.17) is 5.73 Å². The van der Waals surface area contributed by atoms with Gasteiger partial charge in [-0.15, -0.1) is 12.4 Å². The Morgan fingerprint density at radius 3 is 2.38 bits per heavy atom. The van der Waals surface area contributed by atoms with Crippen LogP contribution in [-0.4, -0.2) is 42.5 Å². The van der Waals surface area contributed by atoms with Crippen molar-refractivity contribution >= 4 is 18.3 Å². The Morgan fingerprint density at radius 1 is 1.38 bits per heavy atom. The smallest absolute Gasteiger partial charge is 0.231 e. The molecule has 0 aromatic rings. The van der Waals surface area contributed by atoms with E-state index in [0.717, 1.165) is 13.1 Å². The van der Waals surface area contributed by atoms with E-state index in [2.05, 4.69) is 10.2 Å². The molecule has 2 atom stereocenters. The Labute approximate surface area is 84.2 Å². The van der Waals surface area contributed by atoms with E-state index in [0.29, 0.717) is 18.6 Å². The van der Waals surface area contributed by atoms with Crippen molar-refractivity contribution in [3.63, 3.8) is 0 Å².